The molecule has 1 aliphatic rings. The smallest absolute Gasteiger partial charge is 0.303 e. The van der Waals surface area contributed by atoms with Gasteiger partial charge in [0.05, 0.1) is 12.1 Å². The average molecular weight is 376 g/mol. The summed E-state index contributed by atoms with van der Waals surface area (Å²) in [7, 11) is 0. The number of benzene rings is 1. The Morgan fingerprint density at radius 3 is 2.81 bits per heavy atom. The molecule has 1 saturated heterocycles. The van der Waals surface area contributed by atoms with Crippen LogP contribution in [0.15, 0.2) is 29.6 Å². The van der Waals surface area contributed by atoms with Gasteiger partial charge in [-0.25, -0.2) is 9.37 Å². The lowest BCUT2D eigenvalue weighted by molar-refractivity contribution is -0.137. The number of carbonyl (C=O) groups is 2. The maximum atomic E-state index is 13.0. The van der Waals surface area contributed by atoms with Gasteiger partial charge in [0, 0.05) is 30.5 Å². The third kappa shape index (κ3) is 4.88. The van der Waals surface area contributed by atoms with Crippen LogP contribution in [0.4, 0.5) is 4.39 Å². The molecule has 1 fully saturated rings. The predicted octanol–water partition coefficient (Wildman–Crippen LogP) is 3.60. The largest absolute Gasteiger partial charge is 0.481 e. The van der Waals surface area contributed by atoms with Crippen molar-refractivity contribution in [2.24, 2.45) is 5.92 Å². The van der Waals surface area contributed by atoms with Crippen LogP contribution < -0.4 is 0 Å². The number of carboxylic acid groups (broad SMARTS) is 1. The Labute approximate surface area is 155 Å². The highest BCUT2D eigenvalue weighted by atomic mass is 32.1. The SMILES string of the molecule is O=C(O)CCC1CCCN(C(=O)Cc2nc(-c3ccc(F)cc3)cs2)C1. The summed E-state index contributed by atoms with van der Waals surface area (Å²) in [4.78, 5) is 29.6. The molecule has 3 rings (SSSR count). The van der Waals surface area contributed by atoms with Crippen molar-refractivity contribution in [1.82, 2.24) is 9.88 Å². The lowest BCUT2D eigenvalue weighted by Gasteiger charge is -2.32. The first-order chi connectivity index (χ1) is 12.5. The van der Waals surface area contributed by atoms with Crippen molar-refractivity contribution in [2.75, 3.05) is 13.1 Å². The van der Waals surface area contributed by atoms with Crippen molar-refractivity contribution >= 4 is 23.2 Å². The van der Waals surface area contributed by atoms with Crippen molar-refractivity contribution in [2.45, 2.75) is 32.1 Å². The number of carbonyl (C=O) groups excluding carboxylic acids is 1. The van der Waals surface area contributed by atoms with Crippen molar-refractivity contribution in [1.29, 1.82) is 0 Å². The molecule has 26 heavy (non-hydrogen) atoms. The van der Waals surface area contributed by atoms with Crippen LogP contribution in [0, 0.1) is 11.7 Å². The van der Waals surface area contributed by atoms with E-state index in [1.807, 2.05) is 10.3 Å². The first-order valence-electron chi connectivity index (χ1n) is 8.71. The second-order valence-corrected chi connectivity index (χ2v) is 7.53. The number of amides is 1. The zero-order chi connectivity index (χ0) is 18.5. The summed E-state index contributed by atoms with van der Waals surface area (Å²) in [5.74, 6) is -0.786. The van der Waals surface area contributed by atoms with Gasteiger partial charge in [-0.3, -0.25) is 9.59 Å². The van der Waals surface area contributed by atoms with Crippen molar-refractivity contribution in [3.8, 4) is 11.3 Å². The Balaban J connectivity index is 1.57. The fourth-order valence-corrected chi connectivity index (χ4v) is 4.04. The quantitative estimate of drug-likeness (QED) is 0.836. The van der Waals surface area contributed by atoms with Crippen molar-refractivity contribution in [3.63, 3.8) is 0 Å². The first kappa shape index (κ1) is 18.5. The summed E-state index contributed by atoms with van der Waals surface area (Å²) in [6.07, 6.45) is 2.90. The second kappa shape index (κ2) is 8.40. The molecular weight excluding hydrogens is 355 g/mol. The van der Waals surface area contributed by atoms with E-state index in [0.29, 0.717) is 13.0 Å². The van der Waals surface area contributed by atoms with Gasteiger partial charge in [0.2, 0.25) is 5.91 Å². The van der Waals surface area contributed by atoms with Gasteiger partial charge in [0.25, 0.3) is 0 Å². The number of aromatic nitrogens is 1. The molecule has 0 radical (unpaired) electrons. The zero-order valence-electron chi connectivity index (χ0n) is 14.4. The molecule has 1 amide bonds. The molecule has 1 aromatic carbocycles. The minimum Gasteiger partial charge on any atom is -0.481 e. The van der Waals surface area contributed by atoms with Gasteiger partial charge in [-0.15, -0.1) is 11.3 Å². The Hall–Kier alpha value is -2.28. The maximum absolute atomic E-state index is 13.0. The molecule has 0 bridgehead atoms. The Bertz CT molecular complexity index is 775. The molecular formula is C19H21FN2O3S. The van der Waals surface area contributed by atoms with E-state index in [1.165, 1.54) is 23.5 Å². The van der Waals surface area contributed by atoms with Crippen LogP contribution in [0.1, 0.15) is 30.7 Å². The topological polar surface area (TPSA) is 70.5 Å². The summed E-state index contributed by atoms with van der Waals surface area (Å²) >= 11 is 1.43. The molecule has 2 heterocycles. The number of hydrogen-bond acceptors (Lipinski definition) is 4. The monoisotopic (exact) mass is 376 g/mol. The van der Waals surface area contributed by atoms with Crippen LogP contribution in [0.5, 0.6) is 0 Å². The number of aliphatic carboxylic acids is 1. The van der Waals surface area contributed by atoms with Crippen molar-refractivity contribution in [3.05, 3.63) is 40.5 Å². The molecule has 5 nitrogen and oxygen atoms in total. The molecule has 1 aromatic heterocycles. The number of thiazole rings is 1. The minimum atomic E-state index is -0.787. The number of likely N-dealkylation sites (tertiary alicyclic amines) is 1. The van der Waals surface area contributed by atoms with Gasteiger partial charge in [-0.1, -0.05) is 0 Å². The van der Waals surface area contributed by atoms with Gasteiger partial charge < -0.3 is 10.0 Å². The fourth-order valence-electron chi connectivity index (χ4n) is 3.24. The predicted molar refractivity (Wildman–Crippen MR) is 97.4 cm³/mol. The van der Waals surface area contributed by atoms with E-state index >= 15 is 0 Å². The molecule has 138 valence electrons. The molecule has 2 aromatic rings. The molecule has 1 N–H and O–H groups in total. The van der Waals surface area contributed by atoms with Gasteiger partial charge in [0.1, 0.15) is 10.8 Å². The molecule has 1 unspecified atom stereocenters. The summed E-state index contributed by atoms with van der Waals surface area (Å²) in [6, 6.07) is 6.14. The highest BCUT2D eigenvalue weighted by molar-refractivity contribution is 7.10. The van der Waals surface area contributed by atoms with Crippen LogP contribution in [0.2, 0.25) is 0 Å². The summed E-state index contributed by atoms with van der Waals surface area (Å²) in [5, 5.41) is 11.4. The van der Waals surface area contributed by atoms with Crippen LogP contribution in [-0.2, 0) is 16.0 Å². The fraction of sp³-hybridized carbons (Fsp3) is 0.421. The number of hydrogen-bond donors (Lipinski definition) is 1. The molecule has 0 aliphatic carbocycles. The number of piperidine rings is 1. The Morgan fingerprint density at radius 1 is 1.31 bits per heavy atom. The molecule has 1 aliphatic heterocycles. The van der Waals surface area contributed by atoms with Crippen LogP contribution in [0.25, 0.3) is 11.3 Å². The first-order valence-corrected chi connectivity index (χ1v) is 9.59. The standard InChI is InChI=1S/C19H21FN2O3S/c20-15-6-4-14(5-7-15)16-12-26-17(21-16)10-18(23)22-9-1-2-13(11-22)3-8-19(24)25/h4-7,12-13H,1-3,8-11H2,(H,24,25). The van der Waals surface area contributed by atoms with E-state index in [-0.39, 0.29) is 30.5 Å². The van der Waals surface area contributed by atoms with Gasteiger partial charge in [-0.2, -0.15) is 0 Å². The lowest BCUT2D eigenvalue weighted by atomic mass is 9.93. The normalized spacial score (nSPS) is 17.3. The van der Waals surface area contributed by atoms with E-state index < -0.39 is 5.97 Å². The zero-order valence-corrected chi connectivity index (χ0v) is 15.2. The van der Waals surface area contributed by atoms with E-state index in [9.17, 15) is 14.0 Å². The Kier molecular flexibility index (Phi) is 5.98. The van der Waals surface area contributed by atoms with Crippen LogP contribution in [-0.4, -0.2) is 40.0 Å². The lowest BCUT2D eigenvalue weighted by Crippen LogP contribution is -2.40. The third-order valence-corrected chi connectivity index (χ3v) is 5.48. The molecule has 1 atom stereocenters. The highest BCUT2D eigenvalue weighted by Crippen LogP contribution is 2.24. The highest BCUT2D eigenvalue weighted by Gasteiger charge is 2.24. The molecule has 7 heteroatoms. The van der Waals surface area contributed by atoms with Gasteiger partial charge in [-0.05, 0) is 49.4 Å². The number of nitrogens with zero attached hydrogens (tertiary/aromatic N) is 2. The molecule has 0 saturated carbocycles. The third-order valence-electron chi connectivity index (χ3n) is 4.63. The van der Waals surface area contributed by atoms with Gasteiger partial charge in [0.15, 0.2) is 0 Å². The van der Waals surface area contributed by atoms with Crippen LogP contribution in [0.3, 0.4) is 0 Å². The number of rotatable bonds is 6. The minimum absolute atomic E-state index is 0.0324. The van der Waals surface area contributed by atoms with Crippen molar-refractivity contribution < 1.29 is 19.1 Å². The maximum Gasteiger partial charge on any atom is 0.303 e. The molecule has 0 spiro atoms. The second-order valence-electron chi connectivity index (χ2n) is 6.59. The number of carboxylic acids is 1. The summed E-state index contributed by atoms with van der Waals surface area (Å²) < 4.78 is 13.0. The summed E-state index contributed by atoms with van der Waals surface area (Å²) in [5.41, 5.74) is 1.57. The van der Waals surface area contributed by atoms with E-state index in [4.69, 9.17) is 5.11 Å². The van der Waals surface area contributed by atoms with Crippen LogP contribution >= 0.6 is 11.3 Å². The van der Waals surface area contributed by atoms with E-state index in [1.54, 1.807) is 12.1 Å². The summed E-state index contributed by atoms with van der Waals surface area (Å²) in [6.45, 7) is 1.35. The van der Waals surface area contributed by atoms with Gasteiger partial charge >= 0.3 is 5.97 Å². The Morgan fingerprint density at radius 2 is 2.08 bits per heavy atom. The van der Waals surface area contributed by atoms with E-state index in [0.717, 1.165) is 35.7 Å². The average Bonchev–Trinajstić information content (AvgIpc) is 3.09. The van der Waals surface area contributed by atoms with E-state index in [2.05, 4.69) is 4.98 Å². The number of halogens is 1.